The van der Waals surface area contributed by atoms with Crippen LogP contribution >= 0.6 is 0 Å². The number of hydrogen-bond acceptors (Lipinski definition) is 6. The molecule has 2 rings (SSSR count). The number of amides is 1. The number of carboxylic acid groups (broad SMARTS) is 1. The Kier molecular flexibility index (Phi) is 6.92. The van der Waals surface area contributed by atoms with Crippen molar-refractivity contribution in [2.45, 2.75) is 51.5 Å². The summed E-state index contributed by atoms with van der Waals surface area (Å²) >= 11 is 0. The smallest absolute Gasteiger partial charge is 0.329 e. The molecule has 1 aromatic heterocycles. The number of rotatable bonds is 10. The summed E-state index contributed by atoms with van der Waals surface area (Å²) in [4.78, 5) is 27.7. The number of nitrogens with zero attached hydrogens (tertiary/aromatic N) is 2. The lowest BCUT2D eigenvalue weighted by molar-refractivity contribution is -0.147. The minimum Gasteiger partial charge on any atom is -0.497 e. The molecule has 0 saturated carbocycles. The quantitative estimate of drug-likeness (QED) is 0.656. The van der Waals surface area contributed by atoms with Gasteiger partial charge >= 0.3 is 5.97 Å². The summed E-state index contributed by atoms with van der Waals surface area (Å²) in [7, 11) is 1.60. The SMILES string of the molecule is CCCC(C)(NC(=O)CCCc1nc(-c2ccc(OC)cc2)no1)C(=O)O. The first kappa shape index (κ1) is 20.4. The monoisotopic (exact) mass is 375 g/mol. The minimum absolute atomic E-state index is 0.187. The maximum atomic E-state index is 12.1. The number of carbonyl (C=O) groups is 2. The van der Waals surface area contributed by atoms with Crippen LogP contribution in [0.5, 0.6) is 5.75 Å². The second kappa shape index (κ2) is 9.16. The topological polar surface area (TPSA) is 115 Å². The Morgan fingerprint density at radius 1 is 1.30 bits per heavy atom. The van der Waals surface area contributed by atoms with E-state index in [9.17, 15) is 14.7 Å². The van der Waals surface area contributed by atoms with Crippen LogP contribution in [0.25, 0.3) is 11.4 Å². The van der Waals surface area contributed by atoms with Gasteiger partial charge in [0, 0.05) is 18.4 Å². The second-order valence-corrected chi connectivity index (χ2v) is 6.53. The molecular formula is C19H25N3O5. The molecule has 1 aromatic carbocycles. The number of ether oxygens (including phenoxy) is 1. The molecule has 2 N–H and O–H groups in total. The largest absolute Gasteiger partial charge is 0.497 e. The van der Waals surface area contributed by atoms with Gasteiger partial charge in [-0.05, 0) is 44.0 Å². The lowest BCUT2D eigenvalue weighted by Crippen LogP contribution is -2.52. The molecule has 0 saturated heterocycles. The van der Waals surface area contributed by atoms with Crippen LogP contribution in [0.3, 0.4) is 0 Å². The molecule has 0 fully saturated rings. The normalized spacial score (nSPS) is 13.0. The van der Waals surface area contributed by atoms with E-state index in [1.807, 2.05) is 31.2 Å². The minimum atomic E-state index is -1.24. The van der Waals surface area contributed by atoms with Crippen molar-refractivity contribution in [3.8, 4) is 17.1 Å². The standard InChI is InChI=1S/C19H25N3O5/c1-4-12-19(2,18(24)25)21-15(23)6-5-7-16-20-17(22-27-16)13-8-10-14(26-3)11-9-13/h8-11H,4-7,12H2,1-3H3,(H,21,23)(H,24,25). The van der Waals surface area contributed by atoms with E-state index in [0.29, 0.717) is 37.4 Å². The fraction of sp³-hybridized carbons (Fsp3) is 0.474. The number of aliphatic carboxylic acids is 1. The van der Waals surface area contributed by atoms with Gasteiger partial charge in [-0.25, -0.2) is 4.79 Å². The number of benzene rings is 1. The number of carbonyl (C=O) groups excluding carboxylic acids is 1. The third-order valence-corrected chi connectivity index (χ3v) is 4.25. The van der Waals surface area contributed by atoms with Gasteiger partial charge in [0.05, 0.1) is 7.11 Å². The highest BCUT2D eigenvalue weighted by Gasteiger charge is 2.33. The number of aromatic nitrogens is 2. The molecule has 1 unspecified atom stereocenters. The van der Waals surface area contributed by atoms with Crippen molar-refractivity contribution in [2.75, 3.05) is 7.11 Å². The van der Waals surface area contributed by atoms with E-state index >= 15 is 0 Å². The van der Waals surface area contributed by atoms with Crippen molar-refractivity contribution in [3.63, 3.8) is 0 Å². The lowest BCUT2D eigenvalue weighted by Gasteiger charge is -2.25. The van der Waals surface area contributed by atoms with Gasteiger partial charge in [0.15, 0.2) is 0 Å². The molecule has 0 bridgehead atoms. The van der Waals surface area contributed by atoms with Crippen molar-refractivity contribution in [1.29, 1.82) is 0 Å². The van der Waals surface area contributed by atoms with Crippen molar-refractivity contribution < 1.29 is 24.0 Å². The molecule has 0 aliphatic carbocycles. The first-order chi connectivity index (χ1) is 12.9. The maximum absolute atomic E-state index is 12.1. The van der Waals surface area contributed by atoms with Gasteiger partial charge in [0.2, 0.25) is 17.6 Å². The van der Waals surface area contributed by atoms with E-state index in [-0.39, 0.29) is 12.3 Å². The molecule has 1 atom stereocenters. The number of methoxy groups -OCH3 is 1. The maximum Gasteiger partial charge on any atom is 0.329 e. The second-order valence-electron chi connectivity index (χ2n) is 6.53. The molecule has 8 nitrogen and oxygen atoms in total. The Labute approximate surface area is 157 Å². The predicted molar refractivity (Wildman–Crippen MR) is 98.3 cm³/mol. The molecule has 27 heavy (non-hydrogen) atoms. The highest BCUT2D eigenvalue weighted by atomic mass is 16.5. The summed E-state index contributed by atoms with van der Waals surface area (Å²) in [5.74, 6) is 0.313. The number of hydrogen-bond donors (Lipinski definition) is 2. The van der Waals surface area contributed by atoms with Crippen LogP contribution in [0.1, 0.15) is 45.4 Å². The third-order valence-electron chi connectivity index (χ3n) is 4.25. The Hall–Kier alpha value is -2.90. The van der Waals surface area contributed by atoms with Crippen LogP contribution in [0, 0.1) is 0 Å². The summed E-state index contributed by atoms with van der Waals surface area (Å²) in [6.45, 7) is 3.40. The van der Waals surface area contributed by atoms with E-state index < -0.39 is 11.5 Å². The zero-order chi connectivity index (χ0) is 19.9. The molecule has 8 heteroatoms. The van der Waals surface area contributed by atoms with E-state index in [4.69, 9.17) is 9.26 Å². The van der Waals surface area contributed by atoms with Gasteiger partial charge in [0.25, 0.3) is 0 Å². The van der Waals surface area contributed by atoms with Crippen molar-refractivity contribution in [3.05, 3.63) is 30.2 Å². The summed E-state index contributed by atoms with van der Waals surface area (Å²) < 4.78 is 10.3. The van der Waals surface area contributed by atoms with Crippen molar-refractivity contribution in [1.82, 2.24) is 15.5 Å². The Bertz CT molecular complexity index is 772. The molecule has 1 heterocycles. The third kappa shape index (κ3) is 5.54. The van der Waals surface area contributed by atoms with Crippen LogP contribution in [0.2, 0.25) is 0 Å². The molecule has 2 aromatic rings. The highest BCUT2D eigenvalue weighted by molar-refractivity contribution is 5.86. The van der Waals surface area contributed by atoms with Crippen LogP contribution in [-0.2, 0) is 16.0 Å². The summed E-state index contributed by atoms with van der Waals surface area (Å²) in [5.41, 5.74) is -0.432. The van der Waals surface area contributed by atoms with E-state index in [1.165, 1.54) is 6.92 Å². The first-order valence-corrected chi connectivity index (χ1v) is 8.89. The zero-order valence-electron chi connectivity index (χ0n) is 15.8. The number of nitrogens with one attached hydrogen (secondary N) is 1. The summed E-state index contributed by atoms with van der Waals surface area (Å²) in [5, 5.41) is 15.9. The molecule has 146 valence electrons. The van der Waals surface area contributed by atoms with E-state index in [0.717, 1.165) is 11.3 Å². The van der Waals surface area contributed by atoms with Gasteiger partial charge in [0.1, 0.15) is 11.3 Å². The summed E-state index contributed by atoms with van der Waals surface area (Å²) in [6.07, 6.45) is 2.15. The zero-order valence-corrected chi connectivity index (χ0v) is 15.8. The molecule has 0 aliphatic rings. The first-order valence-electron chi connectivity index (χ1n) is 8.89. The number of carboxylic acids is 1. The van der Waals surface area contributed by atoms with E-state index in [2.05, 4.69) is 15.5 Å². The molecule has 0 aliphatic heterocycles. The van der Waals surface area contributed by atoms with Gasteiger partial charge in [-0.1, -0.05) is 18.5 Å². The van der Waals surface area contributed by atoms with E-state index in [1.54, 1.807) is 7.11 Å². The Balaban J connectivity index is 1.86. The van der Waals surface area contributed by atoms with Crippen molar-refractivity contribution >= 4 is 11.9 Å². The Morgan fingerprint density at radius 2 is 2.00 bits per heavy atom. The fourth-order valence-corrected chi connectivity index (χ4v) is 2.71. The lowest BCUT2D eigenvalue weighted by atomic mass is 9.96. The molecule has 0 radical (unpaired) electrons. The van der Waals surface area contributed by atoms with Gasteiger partial charge in [-0.3, -0.25) is 4.79 Å². The molecule has 1 amide bonds. The highest BCUT2D eigenvalue weighted by Crippen LogP contribution is 2.20. The predicted octanol–water partition coefficient (Wildman–Crippen LogP) is 2.83. The van der Waals surface area contributed by atoms with Gasteiger partial charge < -0.3 is 19.7 Å². The average molecular weight is 375 g/mol. The van der Waals surface area contributed by atoms with Crippen molar-refractivity contribution in [2.24, 2.45) is 0 Å². The Morgan fingerprint density at radius 3 is 2.59 bits per heavy atom. The van der Waals surface area contributed by atoms with Crippen LogP contribution in [0.15, 0.2) is 28.8 Å². The fourth-order valence-electron chi connectivity index (χ4n) is 2.71. The molecule has 0 spiro atoms. The van der Waals surface area contributed by atoms with Crippen LogP contribution in [0.4, 0.5) is 0 Å². The van der Waals surface area contributed by atoms with Gasteiger partial charge in [-0.15, -0.1) is 0 Å². The van der Waals surface area contributed by atoms with Crippen LogP contribution < -0.4 is 10.1 Å². The number of aryl methyl sites for hydroxylation is 1. The summed E-state index contributed by atoms with van der Waals surface area (Å²) in [6, 6.07) is 7.29. The van der Waals surface area contributed by atoms with Crippen LogP contribution in [-0.4, -0.2) is 39.8 Å². The molecular weight excluding hydrogens is 350 g/mol. The average Bonchev–Trinajstić information content (AvgIpc) is 3.10. The van der Waals surface area contributed by atoms with Gasteiger partial charge in [-0.2, -0.15) is 4.98 Å².